The minimum absolute atomic E-state index is 0.345. The topological polar surface area (TPSA) is 26.0 Å². The summed E-state index contributed by atoms with van der Waals surface area (Å²) < 4.78 is 0. The zero-order valence-electron chi connectivity index (χ0n) is 9.73. The van der Waals surface area contributed by atoms with Crippen LogP contribution in [0.1, 0.15) is 35.1 Å². The van der Waals surface area contributed by atoms with E-state index in [1.807, 2.05) is 11.3 Å². The molecule has 3 fully saturated rings. The second kappa shape index (κ2) is 3.11. The maximum Gasteiger partial charge on any atom is 0.0424 e. The average Bonchev–Trinajstić information content (AvgIpc) is 2.68. The van der Waals surface area contributed by atoms with Crippen LogP contribution in [-0.4, -0.2) is 0 Å². The average molecular weight is 233 g/mol. The summed E-state index contributed by atoms with van der Waals surface area (Å²) in [5.74, 6) is 4.95. The normalized spacial score (nSPS) is 45.8. The molecule has 1 heterocycles. The van der Waals surface area contributed by atoms with E-state index in [0.717, 1.165) is 29.6 Å². The number of nitrogens with two attached hydrogens (primary N) is 1. The first-order valence-corrected chi connectivity index (χ1v) is 7.39. The maximum absolute atomic E-state index is 6.47. The quantitative estimate of drug-likeness (QED) is 0.833. The Bertz CT molecular complexity index is 408. The first-order valence-electron chi connectivity index (χ1n) is 6.57. The molecule has 1 nitrogen and oxygen atoms in total. The van der Waals surface area contributed by atoms with E-state index in [9.17, 15) is 0 Å². The van der Waals surface area contributed by atoms with Crippen molar-refractivity contribution in [1.29, 1.82) is 0 Å². The van der Waals surface area contributed by atoms with Crippen molar-refractivity contribution in [3.8, 4) is 0 Å². The van der Waals surface area contributed by atoms with Gasteiger partial charge in [-0.25, -0.2) is 0 Å². The van der Waals surface area contributed by atoms with E-state index in [2.05, 4.69) is 19.1 Å². The van der Waals surface area contributed by atoms with E-state index >= 15 is 0 Å². The van der Waals surface area contributed by atoms with Crippen LogP contribution in [0.2, 0.25) is 0 Å². The zero-order valence-corrected chi connectivity index (χ0v) is 10.5. The molecule has 2 bridgehead atoms. The van der Waals surface area contributed by atoms with E-state index in [0.29, 0.717) is 6.04 Å². The van der Waals surface area contributed by atoms with Gasteiger partial charge >= 0.3 is 0 Å². The molecular formula is C14H19NS. The van der Waals surface area contributed by atoms with Gasteiger partial charge in [-0.2, -0.15) is 0 Å². The van der Waals surface area contributed by atoms with Gasteiger partial charge in [0.2, 0.25) is 0 Å². The maximum atomic E-state index is 6.47. The van der Waals surface area contributed by atoms with Crippen molar-refractivity contribution in [3.63, 3.8) is 0 Å². The van der Waals surface area contributed by atoms with Crippen LogP contribution >= 0.6 is 11.3 Å². The second-order valence-electron chi connectivity index (χ2n) is 6.04. The lowest BCUT2D eigenvalue weighted by atomic mass is 9.97. The summed E-state index contributed by atoms with van der Waals surface area (Å²) in [6.45, 7) is 2.18. The fourth-order valence-corrected chi connectivity index (χ4v) is 5.63. The highest BCUT2D eigenvalue weighted by Crippen LogP contribution is 2.71. The third-order valence-electron chi connectivity index (χ3n) is 5.30. The van der Waals surface area contributed by atoms with Crippen molar-refractivity contribution >= 4 is 11.3 Å². The van der Waals surface area contributed by atoms with Gasteiger partial charge < -0.3 is 5.73 Å². The number of rotatable bonds is 2. The van der Waals surface area contributed by atoms with Gasteiger partial charge in [-0.1, -0.05) is 0 Å². The van der Waals surface area contributed by atoms with Crippen LogP contribution in [0.25, 0.3) is 0 Å². The summed E-state index contributed by atoms with van der Waals surface area (Å²) in [7, 11) is 0. The number of fused-ring (bicyclic) bond motifs is 5. The molecule has 0 radical (unpaired) electrons. The number of hydrogen-bond acceptors (Lipinski definition) is 2. The summed E-state index contributed by atoms with van der Waals surface area (Å²) in [6.07, 6.45) is 4.53. The lowest BCUT2D eigenvalue weighted by Gasteiger charge is -2.14. The Morgan fingerprint density at radius 1 is 1.25 bits per heavy atom. The summed E-state index contributed by atoms with van der Waals surface area (Å²) in [5, 5.41) is 0. The lowest BCUT2D eigenvalue weighted by Crippen LogP contribution is -2.16. The van der Waals surface area contributed by atoms with E-state index in [-0.39, 0.29) is 0 Å². The Hall–Kier alpha value is -0.340. The monoisotopic (exact) mass is 233 g/mol. The Labute approximate surface area is 101 Å². The van der Waals surface area contributed by atoms with E-state index in [1.165, 1.54) is 29.0 Å². The molecule has 0 saturated heterocycles. The molecule has 0 spiro atoms. The van der Waals surface area contributed by atoms with E-state index in [1.54, 1.807) is 0 Å². The zero-order chi connectivity index (χ0) is 10.9. The van der Waals surface area contributed by atoms with E-state index < -0.39 is 0 Å². The van der Waals surface area contributed by atoms with Gasteiger partial charge in [0.15, 0.2) is 0 Å². The van der Waals surface area contributed by atoms with Crippen LogP contribution in [0.15, 0.2) is 12.1 Å². The van der Waals surface area contributed by atoms with Gasteiger partial charge in [0, 0.05) is 15.8 Å². The van der Waals surface area contributed by atoms with Gasteiger partial charge in [-0.3, -0.25) is 0 Å². The van der Waals surface area contributed by atoms with Gasteiger partial charge in [0.05, 0.1) is 0 Å². The summed E-state index contributed by atoms with van der Waals surface area (Å²) >= 11 is 1.90. The van der Waals surface area contributed by atoms with Gasteiger partial charge in [0.25, 0.3) is 0 Å². The highest BCUT2D eigenvalue weighted by Gasteiger charge is 2.66. The third kappa shape index (κ3) is 1.15. The molecule has 3 aliphatic rings. The van der Waals surface area contributed by atoms with Crippen molar-refractivity contribution in [3.05, 3.63) is 21.9 Å². The van der Waals surface area contributed by atoms with Crippen LogP contribution in [0, 0.1) is 36.5 Å². The molecule has 3 aliphatic carbocycles. The molecule has 0 aromatic carbocycles. The predicted octanol–water partition coefficient (Wildman–Crippen LogP) is 3.35. The fraction of sp³-hybridized carbons (Fsp3) is 0.714. The molecular weight excluding hydrogens is 214 g/mol. The molecule has 3 saturated carbocycles. The number of hydrogen-bond donors (Lipinski definition) is 1. The molecule has 1 aromatic rings. The van der Waals surface area contributed by atoms with Crippen LogP contribution in [-0.2, 0) is 0 Å². The van der Waals surface area contributed by atoms with Crippen molar-refractivity contribution in [2.24, 2.45) is 35.3 Å². The molecule has 5 unspecified atom stereocenters. The molecule has 0 aliphatic heterocycles. The smallest absolute Gasteiger partial charge is 0.0424 e. The van der Waals surface area contributed by atoms with Crippen molar-refractivity contribution < 1.29 is 0 Å². The van der Waals surface area contributed by atoms with Gasteiger partial charge in [-0.15, -0.1) is 11.3 Å². The Balaban J connectivity index is 1.57. The Kier molecular flexibility index (Phi) is 1.88. The molecule has 5 atom stereocenters. The van der Waals surface area contributed by atoms with Gasteiger partial charge in [-0.05, 0) is 67.9 Å². The molecule has 1 aromatic heterocycles. The number of aryl methyl sites for hydroxylation is 1. The van der Waals surface area contributed by atoms with Gasteiger partial charge in [0.1, 0.15) is 0 Å². The highest BCUT2D eigenvalue weighted by atomic mass is 32.1. The molecule has 16 heavy (non-hydrogen) atoms. The highest BCUT2D eigenvalue weighted by molar-refractivity contribution is 7.12. The summed E-state index contributed by atoms with van der Waals surface area (Å²) in [6, 6.07) is 4.81. The molecule has 0 amide bonds. The van der Waals surface area contributed by atoms with Crippen LogP contribution < -0.4 is 5.73 Å². The Morgan fingerprint density at radius 3 is 2.50 bits per heavy atom. The largest absolute Gasteiger partial charge is 0.323 e. The Morgan fingerprint density at radius 2 is 1.94 bits per heavy atom. The molecule has 2 heteroatoms. The first kappa shape index (κ1) is 9.67. The molecule has 2 N–H and O–H groups in total. The molecule has 4 rings (SSSR count). The lowest BCUT2D eigenvalue weighted by molar-refractivity contribution is 0.420. The summed E-state index contributed by atoms with van der Waals surface area (Å²) in [5.41, 5.74) is 6.47. The van der Waals surface area contributed by atoms with Crippen LogP contribution in [0.4, 0.5) is 0 Å². The van der Waals surface area contributed by atoms with E-state index in [4.69, 9.17) is 5.73 Å². The van der Waals surface area contributed by atoms with Crippen LogP contribution in [0.5, 0.6) is 0 Å². The predicted molar refractivity (Wildman–Crippen MR) is 67.3 cm³/mol. The standard InChI is InChI=1S/C14H19NS/c1-7-2-5-10(16-7)14(15)13-11-8-3-4-9(6-8)12(11)13/h2,5,8-9,11-14H,3-4,6,15H2,1H3. The first-order chi connectivity index (χ1) is 7.75. The minimum atomic E-state index is 0.345. The fourth-order valence-electron chi connectivity index (χ4n) is 4.69. The SMILES string of the molecule is Cc1ccc(C(N)C2C3C4CCC(C4)C32)s1. The van der Waals surface area contributed by atoms with Crippen molar-refractivity contribution in [1.82, 2.24) is 0 Å². The summed E-state index contributed by atoms with van der Waals surface area (Å²) in [4.78, 5) is 2.83. The third-order valence-corrected chi connectivity index (χ3v) is 6.40. The minimum Gasteiger partial charge on any atom is -0.323 e. The molecule has 86 valence electrons. The number of thiophene rings is 1. The van der Waals surface area contributed by atoms with Crippen molar-refractivity contribution in [2.75, 3.05) is 0 Å². The van der Waals surface area contributed by atoms with Crippen molar-refractivity contribution in [2.45, 2.75) is 32.2 Å². The van der Waals surface area contributed by atoms with Crippen LogP contribution in [0.3, 0.4) is 0 Å². The second-order valence-corrected chi connectivity index (χ2v) is 7.36.